The number of carbonyl (C=O) groups is 1. The van der Waals surface area contributed by atoms with E-state index in [9.17, 15) is 9.90 Å². The zero-order valence-electron chi connectivity index (χ0n) is 32.5. The van der Waals surface area contributed by atoms with Gasteiger partial charge in [0.15, 0.2) is 0 Å². The fourth-order valence-corrected chi connectivity index (χ4v) is 12.9. The Kier molecular flexibility index (Phi) is 9.00. The molecule has 3 saturated carbocycles. The van der Waals surface area contributed by atoms with E-state index < -0.39 is 11.9 Å². The zero-order valence-corrected chi connectivity index (χ0v) is 32.5. The van der Waals surface area contributed by atoms with Gasteiger partial charge in [-0.15, -0.1) is 5.10 Å². The minimum atomic E-state index is -0.625. The van der Waals surface area contributed by atoms with Crippen molar-refractivity contribution >= 4 is 11.9 Å². The molecule has 2 bridgehead atoms. The molecular formula is C39H66N6O4. The maximum absolute atomic E-state index is 13.5. The highest BCUT2D eigenvalue weighted by atomic mass is 16.5. The molecule has 1 unspecified atom stereocenters. The van der Waals surface area contributed by atoms with Gasteiger partial charge in [0.05, 0.1) is 31.8 Å². The molecule has 1 saturated heterocycles. The number of allylic oxidation sites excluding steroid dienone is 1. The maximum atomic E-state index is 13.5. The predicted octanol–water partition coefficient (Wildman–Crippen LogP) is 6.75. The fourth-order valence-electron chi connectivity index (χ4n) is 12.9. The normalized spacial score (nSPS) is 43.3. The molecule has 49 heavy (non-hydrogen) atoms. The van der Waals surface area contributed by atoms with Gasteiger partial charge in [-0.2, -0.15) is 4.80 Å². The molecule has 12 atom stereocenters. The molecule has 6 rings (SSSR count). The van der Waals surface area contributed by atoms with Gasteiger partial charge in [-0.3, -0.25) is 4.79 Å². The van der Waals surface area contributed by atoms with Crippen LogP contribution in [0, 0.1) is 62.1 Å². The zero-order chi connectivity index (χ0) is 36.1. The molecule has 2 heterocycles. The molecule has 10 heteroatoms. The SMILES string of the molecule is CC(C)[C@@H](C)[C@@]1(C)CC[C@]2(C)[C@H]3CC[C@@H]4C5(COC[C@]4(C)[C@@H](OC[C@@H](N(C)C)C(C)(C)C)[C@H](n4nnc(N)n4)C5)C3=CC[C@@]2(C)[C@@H]1C(=O)O. The molecule has 276 valence electrons. The van der Waals surface area contributed by atoms with Crippen LogP contribution in [0.2, 0.25) is 0 Å². The van der Waals surface area contributed by atoms with E-state index in [1.807, 2.05) is 0 Å². The lowest BCUT2D eigenvalue weighted by Gasteiger charge is -2.71. The number of nitrogens with zero attached hydrogens (tertiary/aromatic N) is 5. The van der Waals surface area contributed by atoms with Crippen molar-refractivity contribution < 1.29 is 19.4 Å². The van der Waals surface area contributed by atoms with E-state index in [1.54, 1.807) is 4.80 Å². The number of aromatic nitrogens is 4. The van der Waals surface area contributed by atoms with Crippen LogP contribution in [0.4, 0.5) is 5.95 Å². The quantitative estimate of drug-likeness (QED) is 0.286. The lowest BCUT2D eigenvalue weighted by molar-refractivity contribution is -0.254. The molecule has 10 nitrogen and oxygen atoms in total. The number of hydrogen-bond acceptors (Lipinski definition) is 8. The molecule has 1 aromatic heterocycles. The predicted molar refractivity (Wildman–Crippen MR) is 192 cm³/mol. The fraction of sp³-hybridized carbons (Fsp3) is 0.897. The van der Waals surface area contributed by atoms with Gasteiger partial charge in [0.25, 0.3) is 5.95 Å². The highest BCUT2D eigenvalue weighted by molar-refractivity contribution is 5.73. The first-order valence-electron chi connectivity index (χ1n) is 19.0. The lowest BCUT2D eigenvalue weighted by atomic mass is 9.34. The number of nitrogen functional groups attached to an aromatic ring is 1. The Morgan fingerprint density at radius 1 is 1.12 bits per heavy atom. The van der Waals surface area contributed by atoms with Crippen molar-refractivity contribution in [2.45, 2.75) is 126 Å². The third-order valence-corrected chi connectivity index (χ3v) is 15.9. The van der Waals surface area contributed by atoms with Gasteiger partial charge in [0, 0.05) is 16.9 Å². The summed E-state index contributed by atoms with van der Waals surface area (Å²) in [6.45, 7) is 24.9. The van der Waals surface area contributed by atoms with Gasteiger partial charge in [-0.05, 0) is 103 Å². The second kappa shape index (κ2) is 12.0. The summed E-state index contributed by atoms with van der Waals surface area (Å²) < 4.78 is 13.8. The van der Waals surface area contributed by atoms with Gasteiger partial charge in [-0.1, -0.05) is 86.0 Å². The van der Waals surface area contributed by atoms with E-state index in [1.165, 1.54) is 5.57 Å². The highest BCUT2D eigenvalue weighted by Crippen LogP contribution is 2.75. The number of ether oxygens (including phenoxy) is 2. The topological polar surface area (TPSA) is 129 Å². The standard InChI is InChI=1S/C39H66N6O4/c1-23(2)24(3)35(7)17-18-37(9)25-13-14-28-36(8)21-48-22-39(28,26(25)15-16-38(37,10)30(35)32(46)47)19-27(45-42-33(40)41-43-45)31(36)49-20-29(44(11)12)34(4,5)6/h15,23-25,27-31H,13-14,16-22H2,1-12H3,(H2,40,42)(H,46,47)/t24-,25+,27-,28+,29-,30-,31+,35-,36+,37-,38+,39?/m1/s1. The van der Waals surface area contributed by atoms with E-state index in [-0.39, 0.29) is 56.6 Å². The number of tetrazole rings is 1. The Balaban J connectivity index is 1.43. The Hall–Kier alpha value is -2.04. The van der Waals surface area contributed by atoms with Crippen molar-refractivity contribution in [3.8, 4) is 0 Å². The molecule has 5 aliphatic rings. The summed E-state index contributed by atoms with van der Waals surface area (Å²) in [6, 6.07) is 0.0560. The Morgan fingerprint density at radius 2 is 1.82 bits per heavy atom. The maximum Gasteiger partial charge on any atom is 0.307 e. The Bertz CT molecular complexity index is 1450. The number of hydrogen-bond donors (Lipinski definition) is 2. The second-order valence-corrected chi connectivity index (χ2v) is 19.7. The van der Waals surface area contributed by atoms with Crippen molar-refractivity contribution in [3.63, 3.8) is 0 Å². The number of rotatable bonds is 8. The third-order valence-electron chi connectivity index (χ3n) is 15.9. The Morgan fingerprint density at radius 3 is 2.39 bits per heavy atom. The molecule has 4 fully saturated rings. The monoisotopic (exact) mass is 683 g/mol. The van der Waals surface area contributed by atoms with Crippen LogP contribution in [0.15, 0.2) is 11.6 Å². The van der Waals surface area contributed by atoms with E-state index in [4.69, 9.17) is 15.2 Å². The number of anilines is 1. The first kappa shape index (κ1) is 36.7. The van der Waals surface area contributed by atoms with E-state index in [0.717, 1.165) is 38.5 Å². The third kappa shape index (κ3) is 5.26. The van der Waals surface area contributed by atoms with Crippen LogP contribution in [0.25, 0.3) is 0 Å². The van der Waals surface area contributed by atoms with E-state index >= 15 is 0 Å². The van der Waals surface area contributed by atoms with Crippen molar-refractivity contribution in [1.82, 2.24) is 25.1 Å². The molecular weight excluding hydrogens is 616 g/mol. The molecule has 4 aliphatic carbocycles. The van der Waals surface area contributed by atoms with Crippen LogP contribution in [-0.4, -0.2) is 82.2 Å². The summed E-state index contributed by atoms with van der Waals surface area (Å²) >= 11 is 0. The molecule has 1 aromatic rings. The molecule has 1 aliphatic heterocycles. The summed E-state index contributed by atoms with van der Waals surface area (Å²) in [6.07, 6.45) is 7.98. The first-order chi connectivity index (χ1) is 22.7. The number of likely N-dealkylation sites (N-methyl/N-ethyl adjacent to an activating group) is 1. The van der Waals surface area contributed by atoms with Crippen LogP contribution in [0.3, 0.4) is 0 Å². The molecule has 3 N–H and O–H groups in total. The minimum Gasteiger partial charge on any atom is -0.481 e. The summed E-state index contributed by atoms with van der Waals surface area (Å²) in [4.78, 5) is 17.5. The summed E-state index contributed by atoms with van der Waals surface area (Å²) in [7, 11) is 4.26. The van der Waals surface area contributed by atoms with Gasteiger partial charge in [0.2, 0.25) is 0 Å². The molecule has 0 amide bonds. The number of fused-ring (bicyclic) bond motifs is 3. The van der Waals surface area contributed by atoms with Crippen molar-refractivity contribution in [2.75, 3.05) is 39.6 Å². The van der Waals surface area contributed by atoms with Crippen LogP contribution < -0.4 is 5.73 Å². The van der Waals surface area contributed by atoms with Gasteiger partial charge in [0.1, 0.15) is 6.04 Å². The Labute approximate surface area is 295 Å². The highest BCUT2D eigenvalue weighted by Gasteiger charge is 2.72. The van der Waals surface area contributed by atoms with E-state index in [2.05, 4.69) is 110 Å². The van der Waals surface area contributed by atoms with Gasteiger partial charge in [-0.25, -0.2) is 0 Å². The van der Waals surface area contributed by atoms with Gasteiger partial charge >= 0.3 is 5.97 Å². The van der Waals surface area contributed by atoms with Crippen LogP contribution >= 0.6 is 0 Å². The van der Waals surface area contributed by atoms with Gasteiger partial charge < -0.3 is 25.2 Å². The number of nitrogens with two attached hydrogens (primary N) is 1. The van der Waals surface area contributed by atoms with Crippen molar-refractivity contribution in [3.05, 3.63) is 11.6 Å². The molecule has 0 spiro atoms. The average Bonchev–Trinajstić information content (AvgIpc) is 3.43. The second-order valence-electron chi connectivity index (χ2n) is 19.7. The molecule has 0 radical (unpaired) electrons. The van der Waals surface area contributed by atoms with Crippen molar-refractivity contribution in [1.29, 1.82) is 0 Å². The lowest BCUT2D eigenvalue weighted by Crippen LogP contribution is -2.69. The first-order valence-corrected chi connectivity index (χ1v) is 19.0. The van der Waals surface area contributed by atoms with E-state index in [0.29, 0.717) is 43.5 Å². The largest absolute Gasteiger partial charge is 0.481 e. The number of aliphatic carboxylic acids is 1. The van der Waals surface area contributed by atoms with Crippen LogP contribution in [-0.2, 0) is 14.3 Å². The summed E-state index contributed by atoms with van der Waals surface area (Å²) in [5.74, 6) is 0.525. The number of carboxylic acid groups (broad SMARTS) is 1. The minimum absolute atomic E-state index is 0.0290. The van der Waals surface area contributed by atoms with Crippen molar-refractivity contribution in [2.24, 2.45) is 62.1 Å². The summed E-state index contributed by atoms with van der Waals surface area (Å²) in [5.41, 5.74) is 6.35. The smallest absolute Gasteiger partial charge is 0.307 e. The van der Waals surface area contributed by atoms with Crippen LogP contribution in [0.5, 0.6) is 0 Å². The number of carboxylic acids is 1. The average molecular weight is 683 g/mol. The summed E-state index contributed by atoms with van der Waals surface area (Å²) in [5, 5.41) is 24.3. The van der Waals surface area contributed by atoms with Crippen LogP contribution in [0.1, 0.15) is 114 Å². The molecule has 0 aromatic carbocycles.